The van der Waals surface area contributed by atoms with Gasteiger partial charge in [-0.1, -0.05) is 0 Å². The maximum Gasteiger partial charge on any atom is 0.410 e. The SMILES string of the molecule is CC(C)(C)OC(=O)N1CCCCC1CSc1ccncc1. The average Bonchev–Trinajstić information content (AvgIpc) is 2.45. The van der Waals surface area contributed by atoms with Crippen molar-refractivity contribution in [3.05, 3.63) is 24.5 Å². The molecule has 1 aromatic heterocycles. The molecule has 1 aromatic rings. The molecule has 0 N–H and O–H groups in total. The third-order valence-corrected chi connectivity index (χ3v) is 4.50. The third-order valence-electron chi connectivity index (χ3n) is 3.35. The number of nitrogens with zero attached hydrogens (tertiary/aromatic N) is 2. The zero-order valence-electron chi connectivity index (χ0n) is 13.0. The number of piperidine rings is 1. The van der Waals surface area contributed by atoms with Gasteiger partial charge in [0.15, 0.2) is 0 Å². The minimum absolute atomic E-state index is 0.178. The molecular weight excluding hydrogens is 284 g/mol. The van der Waals surface area contributed by atoms with Crippen LogP contribution < -0.4 is 0 Å². The van der Waals surface area contributed by atoms with Gasteiger partial charge in [-0.15, -0.1) is 11.8 Å². The molecule has 1 unspecified atom stereocenters. The van der Waals surface area contributed by atoms with Crippen LogP contribution >= 0.6 is 11.8 Å². The number of carbonyl (C=O) groups is 1. The highest BCUT2D eigenvalue weighted by molar-refractivity contribution is 7.99. The van der Waals surface area contributed by atoms with Crippen molar-refractivity contribution in [2.45, 2.75) is 56.6 Å². The van der Waals surface area contributed by atoms with Gasteiger partial charge in [0.1, 0.15) is 5.60 Å². The van der Waals surface area contributed by atoms with Crippen LogP contribution in [0.1, 0.15) is 40.0 Å². The fraction of sp³-hybridized carbons (Fsp3) is 0.625. The largest absolute Gasteiger partial charge is 0.444 e. The number of amides is 1. The highest BCUT2D eigenvalue weighted by atomic mass is 32.2. The molecule has 0 saturated carbocycles. The van der Waals surface area contributed by atoms with Crippen LogP contribution in [0.15, 0.2) is 29.4 Å². The lowest BCUT2D eigenvalue weighted by Crippen LogP contribution is -2.47. The summed E-state index contributed by atoms with van der Waals surface area (Å²) in [4.78, 5) is 19.4. The van der Waals surface area contributed by atoms with Crippen molar-refractivity contribution < 1.29 is 9.53 Å². The minimum Gasteiger partial charge on any atom is -0.444 e. The quantitative estimate of drug-likeness (QED) is 0.793. The summed E-state index contributed by atoms with van der Waals surface area (Å²) >= 11 is 1.78. The Morgan fingerprint density at radius 1 is 1.38 bits per heavy atom. The van der Waals surface area contributed by atoms with Crippen LogP contribution in [0.4, 0.5) is 4.79 Å². The van der Waals surface area contributed by atoms with Gasteiger partial charge in [0.25, 0.3) is 0 Å². The Kier molecular flexibility index (Phi) is 5.51. The molecule has 0 aromatic carbocycles. The second-order valence-corrected chi connectivity index (χ2v) is 7.41. The second kappa shape index (κ2) is 7.16. The van der Waals surface area contributed by atoms with Crippen molar-refractivity contribution in [2.24, 2.45) is 0 Å². The molecule has 1 amide bonds. The summed E-state index contributed by atoms with van der Waals surface area (Å²) in [6.45, 7) is 6.54. The summed E-state index contributed by atoms with van der Waals surface area (Å²) in [5.74, 6) is 0.906. The van der Waals surface area contributed by atoms with E-state index in [4.69, 9.17) is 4.74 Å². The number of thioether (sulfide) groups is 1. The molecule has 5 heteroatoms. The first-order valence-corrected chi connectivity index (χ1v) is 8.47. The standard InChI is InChI=1S/C16H24N2O2S/c1-16(2,3)20-15(19)18-11-5-4-6-13(18)12-21-14-7-9-17-10-8-14/h7-10,13H,4-6,11-12H2,1-3H3. The zero-order chi connectivity index (χ0) is 15.3. The predicted octanol–water partition coefficient (Wildman–Crippen LogP) is 3.96. The van der Waals surface area contributed by atoms with E-state index >= 15 is 0 Å². The van der Waals surface area contributed by atoms with Crippen LogP contribution in [0.25, 0.3) is 0 Å². The van der Waals surface area contributed by atoms with E-state index in [1.54, 1.807) is 24.2 Å². The number of ether oxygens (including phenoxy) is 1. The number of aromatic nitrogens is 1. The molecule has 21 heavy (non-hydrogen) atoms. The number of pyridine rings is 1. The number of hydrogen-bond acceptors (Lipinski definition) is 4. The molecule has 0 bridgehead atoms. The summed E-state index contributed by atoms with van der Waals surface area (Å²) < 4.78 is 5.53. The first-order valence-electron chi connectivity index (χ1n) is 7.48. The van der Waals surface area contributed by atoms with E-state index < -0.39 is 5.60 Å². The Bertz CT molecular complexity index is 459. The molecule has 1 saturated heterocycles. The summed E-state index contributed by atoms with van der Waals surface area (Å²) in [6, 6.07) is 4.27. The maximum atomic E-state index is 12.3. The molecule has 0 aliphatic carbocycles. The molecule has 1 aliphatic heterocycles. The lowest BCUT2D eigenvalue weighted by atomic mass is 10.0. The first kappa shape index (κ1) is 16.1. The fourth-order valence-electron chi connectivity index (χ4n) is 2.36. The van der Waals surface area contributed by atoms with Crippen molar-refractivity contribution in [3.63, 3.8) is 0 Å². The van der Waals surface area contributed by atoms with Crippen LogP contribution in [-0.4, -0.2) is 39.9 Å². The van der Waals surface area contributed by atoms with Gasteiger partial charge in [0, 0.05) is 35.6 Å². The smallest absolute Gasteiger partial charge is 0.410 e. The molecule has 1 aliphatic rings. The van der Waals surface area contributed by atoms with E-state index in [1.165, 1.54) is 11.3 Å². The van der Waals surface area contributed by atoms with Crippen LogP contribution in [0.3, 0.4) is 0 Å². The van der Waals surface area contributed by atoms with E-state index in [0.717, 1.165) is 25.1 Å². The highest BCUT2D eigenvalue weighted by Crippen LogP contribution is 2.26. The molecule has 2 heterocycles. The number of hydrogen-bond donors (Lipinski definition) is 0. The van der Waals surface area contributed by atoms with E-state index in [2.05, 4.69) is 4.98 Å². The van der Waals surface area contributed by atoms with Crippen molar-refractivity contribution in [3.8, 4) is 0 Å². The van der Waals surface area contributed by atoms with Gasteiger partial charge in [-0.2, -0.15) is 0 Å². The lowest BCUT2D eigenvalue weighted by molar-refractivity contribution is 0.0126. The third kappa shape index (κ3) is 5.23. The molecule has 0 radical (unpaired) electrons. The van der Waals surface area contributed by atoms with Gasteiger partial charge in [-0.05, 0) is 52.2 Å². The Morgan fingerprint density at radius 3 is 2.76 bits per heavy atom. The Labute approximate surface area is 131 Å². The van der Waals surface area contributed by atoms with Gasteiger partial charge >= 0.3 is 6.09 Å². The topological polar surface area (TPSA) is 42.4 Å². The van der Waals surface area contributed by atoms with Gasteiger partial charge in [0.2, 0.25) is 0 Å². The van der Waals surface area contributed by atoms with E-state index in [-0.39, 0.29) is 12.1 Å². The Hall–Kier alpha value is -1.23. The molecule has 4 nitrogen and oxygen atoms in total. The Balaban J connectivity index is 1.94. The van der Waals surface area contributed by atoms with Gasteiger partial charge in [0.05, 0.1) is 0 Å². The van der Waals surface area contributed by atoms with Crippen LogP contribution in [0.5, 0.6) is 0 Å². The maximum absolute atomic E-state index is 12.3. The Morgan fingerprint density at radius 2 is 2.10 bits per heavy atom. The number of carbonyl (C=O) groups excluding carboxylic acids is 1. The molecular formula is C16H24N2O2S. The fourth-order valence-corrected chi connectivity index (χ4v) is 3.41. The normalized spacial score (nSPS) is 19.4. The minimum atomic E-state index is -0.433. The van der Waals surface area contributed by atoms with Crippen LogP contribution in [0.2, 0.25) is 0 Å². The van der Waals surface area contributed by atoms with Gasteiger partial charge in [-0.25, -0.2) is 4.79 Å². The van der Waals surface area contributed by atoms with E-state index in [9.17, 15) is 4.79 Å². The van der Waals surface area contributed by atoms with Crippen molar-refractivity contribution in [2.75, 3.05) is 12.3 Å². The van der Waals surface area contributed by atoms with Gasteiger partial charge in [-0.3, -0.25) is 4.98 Å². The van der Waals surface area contributed by atoms with Crippen molar-refractivity contribution in [1.29, 1.82) is 0 Å². The summed E-state index contributed by atoms with van der Waals surface area (Å²) in [5, 5.41) is 0. The molecule has 1 atom stereocenters. The van der Waals surface area contributed by atoms with Crippen LogP contribution in [0, 0.1) is 0 Å². The second-order valence-electron chi connectivity index (χ2n) is 6.32. The lowest BCUT2D eigenvalue weighted by Gasteiger charge is -2.36. The molecule has 116 valence electrons. The van der Waals surface area contributed by atoms with Crippen LogP contribution in [-0.2, 0) is 4.74 Å². The van der Waals surface area contributed by atoms with E-state index in [0.29, 0.717) is 0 Å². The summed E-state index contributed by atoms with van der Waals surface area (Å²) in [5.41, 5.74) is -0.433. The molecule has 2 rings (SSSR count). The number of rotatable bonds is 3. The summed E-state index contributed by atoms with van der Waals surface area (Å²) in [6.07, 6.45) is 6.72. The number of likely N-dealkylation sites (tertiary alicyclic amines) is 1. The monoisotopic (exact) mass is 308 g/mol. The molecule has 1 fully saturated rings. The predicted molar refractivity (Wildman–Crippen MR) is 85.5 cm³/mol. The first-order chi connectivity index (χ1) is 9.96. The zero-order valence-corrected chi connectivity index (χ0v) is 13.9. The highest BCUT2D eigenvalue weighted by Gasteiger charge is 2.30. The summed E-state index contributed by atoms with van der Waals surface area (Å²) in [7, 11) is 0. The van der Waals surface area contributed by atoms with E-state index in [1.807, 2.05) is 37.8 Å². The van der Waals surface area contributed by atoms with Crippen molar-refractivity contribution in [1.82, 2.24) is 9.88 Å². The van der Waals surface area contributed by atoms with Gasteiger partial charge < -0.3 is 9.64 Å². The average molecular weight is 308 g/mol. The van der Waals surface area contributed by atoms with Crippen molar-refractivity contribution >= 4 is 17.9 Å². The molecule has 0 spiro atoms.